The van der Waals surface area contributed by atoms with Crippen molar-refractivity contribution in [3.05, 3.63) is 18.2 Å². The molecule has 1 aromatic carbocycles. The number of fused-ring (bicyclic) bond motifs is 1. The first-order valence-corrected chi connectivity index (χ1v) is 7.16. The van der Waals surface area contributed by atoms with Gasteiger partial charge in [0, 0.05) is 13.1 Å². The minimum atomic E-state index is -0.126. The van der Waals surface area contributed by atoms with Crippen LogP contribution in [0.25, 0.3) is 10.2 Å². The highest BCUT2D eigenvalue weighted by Gasteiger charge is 2.18. The molecule has 7 heteroatoms. The van der Waals surface area contributed by atoms with Crippen molar-refractivity contribution in [1.29, 1.82) is 0 Å². The van der Waals surface area contributed by atoms with Gasteiger partial charge in [0.05, 0.1) is 30.5 Å². The van der Waals surface area contributed by atoms with Gasteiger partial charge in [-0.15, -0.1) is 0 Å². The van der Waals surface area contributed by atoms with Crippen molar-refractivity contribution in [1.82, 2.24) is 9.88 Å². The van der Waals surface area contributed by atoms with Gasteiger partial charge in [-0.05, 0) is 18.2 Å². The van der Waals surface area contributed by atoms with Crippen LogP contribution in [0.1, 0.15) is 0 Å². The number of rotatable bonds is 2. The van der Waals surface area contributed by atoms with Crippen molar-refractivity contribution < 1.29 is 14.3 Å². The van der Waals surface area contributed by atoms with Crippen LogP contribution in [0.5, 0.6) is 5.75 Å². The van der Waals surface area contributed by atoms with Crippen LogP contribution in [-0.2, 0) is 4.74 Å². The summed E-state index contributed by atoms with van der Waals surface area (Å²) in [5.74, 6) is 0.784. The summed E-state index contributed by atoms with van der Waals surface area (Å²) in [5, 5.41) is 3.44. The SMILES string of the molecule is COc1ccc2nc(NC(=O)N3CCOCC3)sc2c1. The Morgan fingerprint density at radius 1 is 1.45 bits per heavy atom. The van der Waals surface area contributed by atoms with Crippen LogP contribution < -0.4 is 10.1 Å². The third-order valence-corrected chi connectivity index (χ3v) is 4.04. The summed E-state index contributed by atoms with van der Waals surface area (Å²) in [6, 6.07) is 5.53. The second kappa shape index (κ2) is 5.64. The summed E-state index contributed by atoms with van der Waals surface area (Å²) in [7, 11) is 1.63. The number of morpholine rings is 1. The molecule has 1 N–H and O–H groups in total. The summed E-state index contributed by atoms with van der Waals surface area (Å²) in [5.41, 5.74) is 0.855. The second-order valence-electron chi connectivity index (χ2n) is 4.38. The van der Waals surface area contributed by atoms with Gasteiger partial charge in [0.2, 0.25) is 0 Å². The molecule has 20 heavy (non-hydrogen) atoms. The minimum Gasteiger partial charge on any atom is -0.497 e. The summed E-state index contributed by atoms with van der Waals surface area (Å²) in [4.78, 5) is 18.2. The molecule has 1 aliphatic heterocycles. The molecule has 2 aromatic rings. The lowest BCUT2D eigenvalue weighted by molar-refractivity contribution is 0.0564. The lowest BCUT2D eigenvalue weighted by atomic mass is 10.3. The molecule has 0 aliphatic carbocycles. The zero-order chi connectivity index (χ0) is 13.9. The molecule has 0 radical (unpaired) electrons. The predicted molar refractivity (Wildman–Crippen MR) is 77.6 cm³/mol. The maximum atomic E-state index is 12.1. The fourth-order valence-corrected chi connectivity index (χ4v) is 2.91. The topological polar surface area (TPSA) is 63.7 Å². The maximum absolute atomic E-state index is 12.1. The number of anilines is 1. The van der Waals surface area contributed by atoms with E-state index in [1.165, 1.54) is 11.3 Å². The lowest BCUT2D eigenvalue weighted by Crippen LogP contribution is -2.43. The van der Waals surface area contributed by atoms with Crippen molar-refractivity contribution >= 4 is 32.7 Å². The quantitative estimate of drug-likeness (QED) is 0.921. The zero-order valence-electron chi connectivity index (χ0n) is 11.1. The first-order valence-electron chi connectivity index (χ1n) is 6.34. The van der Waals surface area contributed by atoms with E-state index in [4.69, 9.17) is 9.47 Å². The van der Waals surface area contributed by atoms with Crippen LogP contribution in [0.15, 0.2) is 18.2 Å². The van der Waals surface area contributed by atoms with Gasteiger partial charge in [0.25, 0.3) is 0 Å². The van der Waals surface area contributed by atoms with E-state index in [-0.39, 0.29) is 6.03 Å². The Hall–Kier alpha value is -1.86. The number of benzene rings is 1. The van der Waals surface area contributed by atoms with Gasteiger partial charge in [0.1, 0.15) is 5.75 Å². The molecular formula is C13H15N3O3S. The van der Waals surface area contributed by atoms with Crippen LogP contribution >= 0.6 is 11.3 Å². The fourth-order valence-electron chi connectivity index (χ4n) is 2.02. The van der Waals surface area contributed by atoms with Crippen molar-refractivity contribution in [3.8, 4) is 5.75 Å². The first kappa shape index (κ1) is 13.1. The van der Waals surface area contributed by atoms with Gasteiger partial charge >= 0.3 is 6.03 Å². The molecule has 1 fully saturated rings. The van der Waals surface area contributed by atoms with Crippen molar-refractivity contribution in [2.45, 2.75) is 0 Å². The number of urea groups is 1. The highest BCUT2D eigenvalue weighted by molar-refractivity contribution is 7.22. The van der Waals surface area contributed by atoms with Gasteiger partial charge in [0.15, 0.2) is 5.13 Å². The molecule has 6 nitrogen and oxygen atoms in total. The average Bonchev–Trinajstić information content (AvgIpc) is 2.89. The van der Waals surface area contributed by atoms with E-state index in [1.54, 1.807) is 12.0 Å². The Bertz CT molecular complexity index is 622. The van der Waals surface area contributed by atoms with Gasteiger partial charge < -0.3 is 14.4 Å². The number of nitrogens with one attached hydrogen (secondary N) is 1. The fraction of sp³-hybridized carbons (Fsp3) is 0.385. The van der Waals surface area contributed by atoms with E-state index in [0.29, 0.717) is 31.4 Å². The third-order valence-electron chi connectivity index (χ3n) is 3.11. The molecule has 1 aromatic heterocycles. The van der Waals surface area contributed by atoms with Crippen LogP contribution in [0, 0.1) is 0 Å². The second-order valence-corrected chi connectivity index (χ2v) is 5.41. The van der Waals surface area contributed by atoms with Gasteiger partial charge in [-0.1, -0.05) is 11.3 Å². The number of methoxy groups -OCH3 is 1. The number of nitrogens with zero attached hydrogens (tertiary/aromatic N) is 2. The molecule has 0 saturated carbocycles. The number of carbonyl (C=O) groups is 1. The summed E-state index contributed by atoms with van der Waals surface area (Å²) in [6.45, 7) is 2.41. The molecular weight excluding hydrogens is 278 g/mol. The predicted octanol–water partition coefficient (Wildman–Crippen LogP) is 2.17. The molecule has 106 valence electrons. The number of amides is 2. The Morgan fingerprint density at radius 2 is 2.25 bits per heavy atom. The Balaban J connectivity index is 1.75. The molecule has 1 aliphatic rings. The normalized spacial score (nSPS) is 15.3. The molecule has 3 rings (SSSR count). The van der Waals surface area contributed by atoms with Crippen molar-refractivity contribution in [2.24, 2.45) is 0 Å². The number of thiazole rings is 1. The summed E-state index contributed by atoms with van der Waals surface area (Å²) < 4.78 is 11.4. The van der Waals surface area contributed by atoms with E-state index < -0.39 is 0 Å². The van der Waals surface area contributed by atoms with E-state index in [9.17, 15) is 4.79 Å². The molecule has 0 atom stereocenters. The monoisotopic (exact) mass is 293 g/mol. The van der Waals surface area contributed by atoms with Crippen LogP contribution in [0.2, 0.25) is 0 Å². The zero-order valence-corrected chi connectivity index (χ0v) is 11.9. The lowest BCUT2D eigenvalue weighted by Gasteiger charge is -2.26. The molecule has 0 spiro atoms. The number of carbonyl (C=O) groups excluding carboxylic acids is 1. The van der Waals surface area contributed by atoms with E-state index >= 15 is 0 Å². The van der Waals surface area contributed by atoms with E-state index in [2.05, 4.69) is 10.3 Å². The minimum absolute atomic E-state index is 0.126. The van der Waals surface area contributed by atoms with Gasteiger partial charge in [-0.3, -0.25) is 5.32 Å². The Labute approximate surface area is 120 Å². The van der Waals surface area contributed by atoms with Crippen molar-refractivity contribution in [2.75, 3.05) is 38.7 Å². The number of ether oxygens (including phenoxy) is 2. The summed E-state index contributed by atoms with van der Waals surface area (Å²) in [6.07, 6.45) is 0. The number of hydrogen-bond acceptors (Lipinski definition) is 5. The molecule has 0 bridgehead atoms. The summed E-state index contributed by atoms with van der Waals surface area (Å²) >= 11 is 1.44. The average molecular weight is 293 g/mol. The van der Waals surface area contributed by atoms with E-state index in [0.717, 1.165) is 16.0 Å². The highest BCUT2D eigenvalue weighted by Crippen LogP contribution is 2.29. The highest BCUT2D eigenvalue weighted by atomic mass is 32.1. The van der Waals surface area contributed by atoms with Gasteiger partial charge in [-0.2, -0.15) is 0 Å². The largest absolute Gasteiger partial charge is 0.497 e. The first-order chi connectivity index (χ1) is 9.76. The number of aromatic nitrogens is 1. The van der Waals surface area contributed by atoms with Crippen LogP contribution in [0.4, 0.5) is 9.93 Å². The van der Waals surface area contributed by atoms with Gasteiger partial charge in [-0.25, -0.2) is 9.78 Å². The molecule has 1 saturated heterocycles. The van der Waals surface area contributed by atoms with Crippen LogP contribution in [-0.4, -0.2) is 49.3 Å². The van der Waals surface area contributed by atoms with Crippen molar-refractivity contribution in [3.63, 3.8) is 0 Å². The molecule has 2 heterocycles. The Kier molecular flexibility index (Phi) is 3.70. The van der Waals surface area contributed by atoms with E-state index in [1.807, 2.05) is 18.2 Å². The number of hydrogen-bond donors (Lipinski definition) is 1. The Morgan fingerprint density at radius 3 is 3.00 bits per heavy atom. The molecule has 2 amide bonds. The smallest absolute Gasteiger partial charge is 0.323 e. The van der Waals surface area contributed by atoms with Crippen LogP contribution in [0.3, 0.4) is 0 Å². The maximum Gasteiger partial charge on any atom is 0.323 e. The third kappa shape index (κ3) is 2.68. The standard InChI is InChI=1S/C13H15N3O3S/c1-18-9-2-3-10-11(8-9)20-12(14-10)15-13(17)16-4-6-19-7-5-16/h2-3,8H,4-7H2,1H3,(H,14,15,17). The molecule has 0 unspecified atom stereocenters.